The number of nitrogens with one attached hydrogen (secondary N) is 1. The Hall–Kier alpha value is -1.67. The number of aromatic nitrogens is 1. The molecule has 20 heavy (non-hydrogen) atoms. The second-order valence-corrected chi connectivity index (χ2v) is 5.61. The number of hydrogen-bond acceptors (Lipinski definition) is 2. The molecule has 0 aliphatic heterocycles. The molecule has 3 rings (SSSR count). The molecule has 0 bridgehead atoms. The average molecular weight is 266 g/mol. The van der Waals surface area contributed by atoms with Gasteiger partial charge in [-0.25, -0.2) is 0 Å². The molecule has 2 nitrogen and oxygen atoms in total. The molecular formula is C18H22N2. The van der Waals surface area contributed by atoms with Gasteiger partial charge in [-0.2, -0.15) is 0 Å². The zero-order valence-electron chi connectivity index (χ0n) is 12.1. The molecule has 0 fully saturated rings. The maximum Gasteiger partial charge on any atom is 0.0705 e. The first-order valence-electron chi connectivity index (χ1n) is 7.56. The van der Waals surface area contributed by atoms with Crippen LogP contribution < -0.4 is 5.32 Å². The fraction of sp³-hybridized carbons (Fsp3) is 0.389. The van der Waals surface area contributed by atoms with Crippen molar-refractivity contribution in [2.24, 2.45) is 0 Å². The van der Waals surface area contributed by atoms with Crippen LogP contribution in [-0.4, -0.2) is 12.0 Å². The minimum Gasteiger partial charge on any atom is -0.313 e. The smallest absolute Gasteiger partial charge is 0.0705 e. The first-order chi connectivity index (χ1) is 9.86. The minimum absolute atomic E-state index is 0.394. The molecule has 1 heterocycles. The van der Waals surface area contributed by atoms with E-state index in [0.29, 0.717) is 6.04 Å². The van der Waals surface area contributed by atoms with E-state index in [2.05, 4.69) is 47.7 Å². The van der Waals surface area contributed by atoms with Crippen LogP contribution in [0, 0.1) is 0 Å². The molecule has 1 aliphatic rings. The largest absolute Gasteiger partial charge is 0.313 e. The maximum atomic E-state index is 4.46. The Morgan fingerprint density at radius 1 is 1.25 bits per heavy atom. The predicted molar refractivity (Wildman–Crippen MR) is 84.7 cm³/mol. The molecule has 0 spiro atoms. The number of hydrogen-bond donors (Lipinski definition) is 1. The highest BCUT2D eigenvalue weighted by Crippen LogP contribution is 2.28. The Labute approximate surface area is 120 Å². The van der Waals surface area contributed by atoms with Crippen molar-refractivity contribution in [2.45, 2.75) is 38.1 Å². The van der Waals surface area contributed by atoms with E-state index in [0.717, 1.165) is 11.9 Å². The van der Waals surface area contributed by atoms with Crippen molar-refractivity contribution in [3.63, 3.8) is 0 Å². The van der Waals surface area contributed by atoms with Crippen LogP contribution in [0.3, 0.4) is 0 Å². The van der Waals surface area contributed by atoms with Crippen LogP contribution in [0.5, 0.6) is 0 Å². The normalized spacial score (nSPS) is 16.9. The lowest BCUT2D eigenvalue weighted by Gasteiger charge is -2.21. The second-order valence-electron chi connectivity index (χ2n) is 5.61. The van der Waals surface area contributed by atoms with Crippen molar-refractivity contribution in [1.29, 1.82) is 0 Å². The van der Waals surface area contributed by atoms with Crippen molar-refractivity contribution in [2.75, 3.05) is 7.05 Å². The van der Waals surface area contributed by atoms with Crippen LogP contribution >= 0.6 is 0 Å². The van der Waals surface area contributed by atoms with E-state index in [1.165, 1.54) is 36.6 Å². The van der Waals surface area contributed by atoms with E-state index in [-0.39, 0.29) is 0 Å². The Balaban J connectivity index is 1.84. The quantitative estimate of drug-likeness (QED) is 0.830. The van der Waals surface area contributed by atoms with E-state index in [1.807, 2.05) is 12.3 Å². The molecule has 1 N–H and O–H groups in total. The molecule has 1 unspecified atom stereocenters. The van der Waals surface area contributed by atoms with Crippen LogP contribution in [-0.2, 0) is 0 Å². The van der Waals surface area contributed by atoms with Gasteiger partial charge in [0, 0.05) is 17.6 Å². The van der Waals surface area contributed by atoms with Gasteiger partial charge < -0.3 is 5.32 Å². The van der Waals surface area contributed by atoms with Crippen molar-refractivity contribution in [3.8, 4) is 0 Å². The third-order valence-electron chi connectivity index (χ3n) is 4.23. The molecule has 2 aromatic rings. The van der Waals surface area contributed by atoms with E-state index in [1.54, 1.807) is 5.57 Å². The molecule has 1 aromatic carbocycles. The number of allylic oxidation sites excluding steroid dienone is 1. The summed E-state index contributed by atoms with van der Waals surface area (Å²) in [5.41, 5.74) is 4.03. The number of pyridine rings is 1. The van der Waals surface area contributed by atoms with E-state index < -0.39 is 0 Å². The van der Waals surface area contributed by atoms with Gasteiger partial charge in [-0.05, 0) is 56.8 Å². The molecule has 0 radical (unpaired) electrons. The molecule has 104 valence electrons. The number of nitrogens with zero attached hydrogens (tertiary/aromatic N) is 1. The fourth-order valence-corrected chi connectivity index (χ4v) is 3.04. The van der Waals surface area contributed by atoms with Crippen molar-refractivity contribution < 1.29 is 0 Å². The molecule has 2 heteroatoms. The summed E-state index contributed by atoms with van der Waals surface area (Å²) < 4.78 is 0. The van der Waals surface area contributed by atoms with Crippen LogP contribution in [0.1, 0.15) is 43.7 Å². The van der Waals surface area contributed by atoms with Crippen LogP contribution in [0.2, 0.25) is 0 Å². The Kier molecular flexibility index (Phi) is 4.12. The lowest BCUT2D eigenvalue weighted by Crippen LogP contribution is -2.17. The van der Waals surface area contributed by atoms with Gasteiger partial charge >= 0.3 is 0 Å². The zero-order chi connectivity index (χ0) is 13.8. The number of benzene rings is 1. The van der Waals surface area contributed by atoms with Crippen molar-refractivity contribution >= 4 is 10.9 Å². The number of fused-ring (bicyclic) bond motifs is 1. The maximum absolute atomic E-state index is 4.46. The summed E-state index contributed by atoms with van der Waals surface area (Å²) in [6.07, 6.45) is 10.6. The summed E-state index contributed by atoms with van der Waals surface area (Å²) in [5.74, 6) is 0. The van der Waals surface area contributed by atoms with Gasteiger partial charge in [0.1, 0.15) is 0 Å². The van der Waals surface area contributed by atoms with Gasteiger partial charge in [-0.15, -0.1) is 0 Å². The van der Waals surface area contributed by atoms with Gasteiger partial charge in [0.2, 0.25) is 0 Å². The molecule has 1 aromatic heterocycles. The van der Waals surface area contributed by atoms with Gasteiger partial charge in [-0.3, -0.25) is 4.98 Å². The molecule has 0 saturated heterocycles. The average Bonchev–Trinajstić information content (AvgIpc) is 2.53. The lowest BCUT2D eigenvalue weighted by atomic mass is 9.91. The summed E-state index contributed by atoms with van der Waals surface area (Å²) in [5, 5.41) is 4.67. The highest BCUT2D eigenvalue weighted by atomic mass is 14.9. The lowest BCUT2D eigenvalue weighted by molar-refractivity contribution is 0.559. The minimum atomic E-state index is 0.394. The molecule has 1 atom stereocenters. The third kappa shape index (κ3) is 2.91. The molecular weight excluding hydrogens is 244 g/mol. The van der Waals surface area contributed by atoms with Crippen LogP contribution in [0.25, 0.3) is 10.9 Å². The van der Waals surface area contributed by atoms with Gasteiger partial charge in [0.15, 0.2) is 0 Å². The van der Waals surface area contributed by atoms with Crippen molar-refractivity contribution in [1.82, 2.24) is 10.3 Å². The fourth-order valence-electron chi connectivity index (χ4n) is 3.04. The molecule has 0 saturated carbocycles. The van der Waals surface area contributed by atoms with E-state index in [9.17, 15) is 0 Å². The SMILES string of the molecule is CNC(CC1=CCCCC1)c1ccc2cccnc2c1. The summed E-state index contributed by atoms with van der Waals surface area (Å²) >= 11 is 0. The first kappa shape index (κ1) is 13.3. The Morgan fingerprint density at radius 2 is 2.20 bits per heavy atom. The molecule has 0 amide bonds. The number of rotatable bonds is 4. The van der Waals surface area contributed by atoms with Crippen LogP contribution in [0.4, 0.5) is 0 Å². The third-order valence-corrected chi connectivity index (χ3v) is 4.23. The summed E-state index contributed by atoms with van der Waals surface area (Å²) in [4.78, 5) is 4.46. The highest BCUT2D eigenvalue weighted by molar-refractivity contribution is 5.79. The van der Waals surface area contributed by atoms with Gasteiger partial charge in [0.25, 0.3) is 0 Å². The standard InChI is InChI=1S/C18H22N2/c1-19-17(12-14-6-3-2-4-7-14)16-10-9-15-8-5-11-20-18(15)13-16/h5-6,8-11,13,17,19H,2-4,7,12H2,1H3. The summed E-state index contributed by atoms with van der Waals surface area (Å²) in [6.45, 7) is 0. The first-order valence-corrected chi connectivity index (χ1v) is 7.56. The van der Waals surface area contributed by atoms with Crippen LogP contribution in [0.15, 0.2) is 48.2 Å². The zero-order valence-corrected chi connectivity index (χ0v) is 12.1. The Bertz CT molecular complexity index is 616. The Morgan fingerprint density at radius 3 is 3.00 bits per heavy atom. The van der Waals surface area contributed by atoms with Crippen molar-refractivity contribution in [3.05, 3.63) is 53.7 Å². The highest BCUT2D eigenvalue weighted by Gasteiger charge is 2.13. The van der Waals surface area contributed by atoms with E-state index in [4.69, 9.17) is 0 Å². The van der Waals surface area contributed by atoms with Gasteiger partial charge in [0.05, 0.1) is 5.52 Å². The molecule has 1 aliphatic carbocycles. The summed E-state index contributed by atoms with van der Waals surface area (Å²) in [7, 11) is 2.05. The summed E-state index contributed by atoms with van der Waals surface area (Å²) in [6, 6.07) is 11.1. The van der Waals surface area contributed by atoms with E-state index >= 15 is 0 Å². The monoisotopic (exact) mass is 266 g/mol. The topological polar surface area (TPSA) is 24.9 Å². The van der Waals surface area contributed by atoms with Gasteiger partial charge in [-0.1, -0.05) is 29.8 Å². The predicted octanol–water partition coefficient (Wildman–Crippen LogP) is 4.39. The second kappa shape index (κ2) is 6.19.